The fourth-order valence-corrected chi connectivity index (χ4v) is 3.22. The van der Waals surface area contributed by atoms with Gasteiger partial charge in [-0.3, -0.25) is 9.59 Å². The lowest BCUT2D eigenvalue weighted by Gasteiger charge is -2.23. The first kappa shape index (κ1) is 22.7. The van der Waals surface area contributed by atoms with Gasteiger partial charge in [-0.25, -0.2) is 0 Å². The molecule has 31 heavy (non-hydrogen) atoms. The maximum Gasteiger partial charge on any atom is 0.182 e. The number of carbonyl (C=O) groups excluding carboxylic acids is 2. The summed E-state index contributed by atoms with van der Waals surface area (Å²) in [7, 11) is 0. The lowest BCUT2D eigenvalue weighted by molar-refractivity contribution is 0.0955. The minimum absolute atomic E-state index is 0.0444. The Morgan fingerprint density at radius 2 is 1.77 bits per heavy atom. The van der Waals surface area contributed by atoms with E-state index in [0.29, 0.717) is 17.6 Å². The number of hydrogen-bond acceptors (Lipinski definition) is 7. The molecule has 7 heteroatoms. The van der Waals surface area contributed by atoms with Gasteiger partial charge in [-0.05, 0) is 40.7 Å². The van der Waals surface area contributed by atoms with E-state index in [-0.39, 0.29) is 46.2 Å². The van der Waals surface area contributed by atoms with Crippen LogP contribution in [0, 0.1) is 0 Å². The molecule has 1 unspecified atom stereocenters. The zero-order valence-corrected chi connectivity index (χ0v) is 18.5. The number of aliphatic hydroxyl groups excluding tert-OH is 1. The van der Waals surface area contributed by atoms with Crippen LogP contribution in [-0.2, 0) is 0 Å². The average molecular weight is 424 g/mol. The summed E-state index contributed by atoms with van der Waals surface area (Å²) in [5, 5.41) is 18.2. The molecule has 0 aliphatic carbocycles. The van der Waals surface area contributed by atoms with Crippen LogP contribution in [0.1, 0.15) is 55.3 Å². The van der Waals surface area contributed by atoms with Crippen molar-refractivity contribution in [2.45, 2.75) is 46.3 Å². The molecule has 0 spiro atoms. The SMILES string of the molecule is CC(=O)c1cc(C(C)=O)c2onc(-c3ccccc3)c2c1OCC(O)CNC(C)(C)C. The molecule has 0 saturated heterocycles. The first-order valence-corrected chi connectivity index (χ1v) is 10.2. The lowest BCUT2D eigenvalue weighted by Crippen LogP contribution is -2.42. The van der Waals surface area contributed by atoms with Crippen molar-refractivity contribution in [1.82, 2.24) is 10.5 Å². The molecule has 2 N–H and O–H groups in total. The number of Topliss-reactive ketones (excluding diaryl/α,β-unsaturated/α-hetero) is 2. The second-order valence-electron chi connectivity index (χ2n) is 8.61. The zero-order valence-electron chi connectivity index (χ0n) is 18.5. The van der Waals surface area contributed by atoms with Crippen molar-refractivity contribution in [3.8, 4) is 17.0 Å². The van der Waals surface area contributed by atoms with Crippen LogP contribution < -0.4 is 10.1 Å². The maximum atomic E-state index is 12.4. The molecular formula is C24H28N2O5. The Kier molecular flexibility index (Phi) is 6.57. The monoisotopic (exact) mass is 424 g/mol. The van der Waals surface area contributed by atoms with Crippen LogP contribution in [0.15, 0.2) is 40.9 Å². The van der Waals surface area contributed by atoms with E-state index in [1.54, 1.807) is 0 Å². The summed E-state index contributed by atoms with van der Waals surface area (Å²) in [6.07, 6.45) is -0.804. The Morgan fingerprint density at radius 1 is 1.13 bits per heavy atom. The summed E-state index contributed by atoms with van der Waals surface area (Å²) in [4.78, 5) is 24.7. The number of nitrogens with zero attached hydrogens (tertiary/aromatic N) is 1. The quantitative estimate of drug-likeness (QED) is 0.527. The van der Waals surface area contributed by atoms with Gasteiger partial charge in [0.1, 0.15) is 24.2 Å². The number of fused-ring (bicyclic) bond motifs is 1. The van der Waals surface area contributed by atoms with Gasteiger partial charge in [0.15, 0.2) is 17.1 Å². The summed E-state index contributed by atoms with van der Waals surface area (Å²) in [6.45, 7) is 9.10. The van der Waals surface area contributed by atoms with Crippen LogP contribution in [0.2, 0.25) is 0 Å². The van der Waals surface area contributed by atoms with E-state index in [0.717, 1.165) is 5.56 Å². The van der Waals surface area contributed by atoms with Crippen molar-refractivity contribution in [1.29, 1.82) is 0 Å². The summed E-state index contributed by atoms with van der Waals surface area (Å²) >= 11 is 0. The van der Waals surface area contributed by atoms with E-state index >= 15 is 0 Å². The van der Waals surface area contributed by atoms with Crippen LogP contribution in [0.25, 0.3) is 22.2 Å². The molecule has 1 atom stereocenters. The number of hydrogen-bond donors (Lipinski definition) is 2. The Labute approximate surface area is 181 Å². The van der Waals surface area contributed by atoms with Crippen molar-refractivity contribution in [2.75, 3.05) is 13.2 Å². The number of rotatable bonds is 8. The molecule has 2 aromatic carbocycles. The Hall–Kier alpha value is -3.03. The molecular weight excluding hydrogens is 396 g/mol. The van der Waals surface area contributed by atoms with Gasteiger partial charge >= 0.3 is 0 Å². The third-order valence-corrected chi connectivity index (χ3v) is 4.79. The van der Waals surface area contributed by atoms with E-state index in [1.807, 2.05) is 51.1 Å². The van der Waals surface area contributed by atoms with Crippen molar-refractivity contribution >= 4 is 22.5 Å². The highest BCUT2D eigenvalue weighted by Gasteiger charge is 2.26. The van der Waals surface area contributed by atoms with E-state index in [4.69, 9.17) is 9.26 Å². The first-order valence-electron chi connectivity index (χ1n) is 10.2. The van der Waals surface area contributed by atoms with Gasteiger partial charge in [-0.15, -0.1) is 0 Å². The molecule has 0 aliphatic heterocycles. The molecule has 3 aromatic rings. The summed E-state index contributed by atoms with van der Waals surface area (Å²) < 4.78 is 11.5. The van der Waals surface area contributed by atoms with Gasteiger partial charge in [0.25, 0.3) is 0 Å². The maximum absolute atomic E-state index is 12.4. The van der Waals surface area contributed by atoms with Crippen molar-refractivity contribution < 1.29 is 24.0 Å². The predicted molar refractivity (Wildman–Crippen MR) is 119 cm³/mol. The molecule has 7 nitrogen and oxygen atoms in total. The van der Waals surface area contributed by atoms with Gasteiger partial charge in [-0.1, -0.05) is 35.5 Å². The fraction of sp³-hybridized carbons (Fsp3) is 0.375. The lowest BCUT2D eigenvalue weighted by atomic mass is 9.97. The molecule has 0 bridgehead atoms. The van der Waals surface area contributed by atoms with Gasteiger partial charge in [0.05, 0.1) is 16.5 Å². The van der Waals surface area contributed by atoms with E-state index in [1.165, 1.54) is 19.9 Å². The van der Waals surface area contributed by atoms with Crippen LogP contribution in [-0.4, -0.2) is 46.6 Å². The van der Waals surface area contributed by atoms with Gasteiger partial charge in [-0.2, -0.15) is 0 Å². The molecule has 164 valence electrons. The topological polar surface area (TPSA) is 102 Å². The van der Waals surface area contributed by atoms with E-state index < -0.39 is 6.10 Å². The standard InChI is InChI=1S/C24H28N2O5/c1-14(27)18-11-19(15(2)28)23-20(21(26-31-23)16-9-7-6-8-10-16)22(18)30-13-17(29)12-25-24(3,4)5/h6-11,17,25,29H,12-13H2,1-5H3. The number of ketones is 2. The Morgan fingerprint density at radius 3 is 2.35 bits per heavy atom. The molecule has 0 amide bonds. The van der Waals surface area contributed by atoms with Crippen LogP contribution >= 0.6 is 0 Å². The molecule has 0 aliphatic rings. The normalized spacial score (nSPS) is 12.7. The number of carbonyl (C=O) groups is 2. The number of β-amino-alcohol motifs (C(OH)–C–C–N with tert-alkyl or cyclic N) is 1. The molecule has 3 rings (SSSR count). The highest BCUT2D eigenvalue weighted by molar-refractivity contribution is 6.14. The van der Waals surface area contributed by atoms with Gasteiger partial charge < -0.3 is 19.7 Å². The molecule has 1 aromatic heterocycles. The van der Waals surface area contributed by atoms with Gasteiger partial charge in [0.2, 0.25) is 0 Å². The van der Waals surface area contributed by atoms with Crippen LogP contribution in [0.5, 0.6) is 5.75 Å². The predicted octanol–water partition coefficient (Wildman–Crippen LogP) is 4.03. The highest BCUT2D eigenvalue weighted by Crippen LogP contribution is 2.40. The van der Waals surface area contributed by atoms with Crippen molar-refractivity contribution in [2.24, 2.45) is 0 Å². The number of nitrogens with one attached hydrogen (secondary N) is 1. The first-order chi connectivity index (χ1) is 14.6. The van der Waals surface area contributed by atoms with E-state index in [2.05, 4.69) is 10.5 Å². The number of aromatic nitrogens is 1. The largest absolute Gasteiger partial charge is 0.489 e. The summed E-state index contributed by atoms with van der Waals surface area (Å²) in [6, 6.07) is 10.8. The second-order valence-corrected chi connectivity index (χ2v) is 8.61. The van der Waals surface area contributed by atoms with E-state index in [9.17, 15) is 14.7 Å². The fourth-order valence-electron chi connectivity index (χ4n) is 3.22. The molecule has 0 radical (unpaired) electrons. The van der Waals surface area contributed by atoms with Crippen LogP contribution in [0.3, 0.4) is 0 Å². The number of benzene rings is 2. The third kappa shape index (κ3) is 5.18. The summed E-state index contributed by atoms with van der Waals surface area (Å²) in [5.74, 6) is -0.256. The van der Waals surface area contributed by atoms with Gasteiger partial charge in [0, 0.05) is 17.6 Å². The zero-order chi connectivity index (χ0) is 22.8. The summed E-state index contributed by atoms with van der Waals surface area (Å²) in [5.41, 5.74) is 1.84. The minimum atomic E-state index is -0.804. The second kappa shape index (κ2) is 8.99. The molecule has 0 fully saturated rings. The Balaban J connectivity index is 2.10. The smallest absolute Gasteiger partial charge is 0.182 e. The van der Waals surface area contributed by atoms with Crippen molar-refractivity contribution in [3.05, 3.63) is 47.5 Å². The molecule has 1 heterocycles. The molecule has 0 saturated carbocycles. The number of aliphatic hydroxyl groups is 1. The van der Waals surface area contributed by atoms with Crippen LogP contribution in [0.4, 0.5) is 0 Å². The van der Waals surface area contributed by atoms with Crippen molar-refractivity contribution in [3.63, 3.8) is 0 Å². The highest BCUT2D eigenvalue weighted by atomic mass is 16.5. The third-order valence-electron chi connectivity index (χ3n) is 4.79. The number of ether oxygens (including phenoxy) is 1. The average Bonchev–Trinajstić information content (AvgIpc) is 3.15. The minimum Gasteiger partial charge on any atom is -0.489 e. The Bertz CT molecular complexity index is 1100.